The van der Waals surface area contributed by atoms with Crippen LogP contribution >= 0.6 is 0 Å². The van der Waals surface area contributed by atoms with Crippen molar-refractivity contribution in [2.24, 2.45) is 17.6 Å². The standard InChI is InChI=1S/C13H19N/c1-9(2)11-8-7-10-5-3-4-6-12(10)13(11)14/h3-6,9,11,13H,7-8,14H2,1-2H3/t11-,13+/m0/s1. The zero-order valence-corrected chi connectivity index (χ0v) is 9.03. The lowest BCUT2D eigenvalue weighted by Gasteiger charge is -2.33. The molecule has 1 nitrogen and oxygen atoms in total. The Hall–Kier alpha value is -0.820. The van der Waals surface area contributed by atoms with E-state index in [1.807, 2.05) is 0 Å². The van der Waals surface area contributed by atoms with Crippen LogP contribution in [0.3, 0.4) is 0 Å². The predicted molar refractivity (Wildman–Crippen MR) is 60.0 cm³/mol. The van der Waals surface area contributed by atoms with E-state index < -0.39 is 0 Å². The van der Waals surface area contributed by atoms with E-state index >= 15 is 0 Å². The highest BCUT2D eigenvalue weighted by molar-refractivity contribution is 5.32. The molecule has 76 valence electrons. The molecule has 1 aliphatic rings. The molecule has 0 spiro atoms. The SMILES string of the molecule is CC(C)[C@@H]1CCc2ccccc2[C@@H]1N. The highest BCUT2D eigenvalue weighted by Gasteiger charge is 2.28. The Kier molecular flexibility index (Phi) is 2.60. The first-order chi connectivity index (χ1) is 6.70. The third-order valence-electron chi connectivity index (χ3n) is 3.48. The van der Waals surface area contributed by atoms with Crippen LogP contribution in [-0.2, 0) is 6.42 Å². The van der Waals surface area contributed by atoms with Crippen LogP contribution in [-0.4, -0.2) is 0 Å². The molecule has 1 aliphatic carbocycles. The lowest BCUT2D eigenvalue weighted by Crippen LogP contribution is -2.30. The number of hydrogen-bond donors (Lipinski definition) is 1. The van der Waals surface area contributed by atoms with Gasteiger partial charge in [-0.2, -0.15) is 0 Å². The number of hydrogen-bond acceptors (Lipinski definition) is 1. The zero-order valence-electron chi connectivity index (χ0n) is 9.03. The molecule has 0 saturated heterocycles. The first kappa shape index (κ1) is 9.72. The summed E-state index contributed by atoms with van der Waals surface area (Å²) >= 11 is 0. The fourth-order valence-electron chi connectivity index (χ4n) is 2.57. The van der Waals surface area contributed by atoms with Crippen molar-refractivity contribution in [2.75, 3.05) is 0 Å². The van der Waals surface area contributed by atoms with Crippen molar-refractivity contribution >= 4 is 0 Å². The summed E-state index contributed by atoms with van der Waals surface area (Å²) in [6, 6.07) is 8.86. The predicted octanol–water partition coefficient (Wildman–Crippen LogP) is 2.90. The molecule has 2 N–H and O–H groups in total. The first-order valence-corrected chi connectivity index (χ1v) is 5.53. The van der Waals surface area contributed by atoms with E-state index in [1.54, 1.807) is 0 Å². The summed E-state index contributed by atoms with van der Waals surface area (Å²) < 4.78 is 0. The average molecular weight is 189 g/mol. The maximum atomic E-state index is 6.29. The molecular formula is C13H19N. The van der Waals surface area contributed by atoms with E-state index in [0.717, 1.165) is 0 Å². The van der Waals surface area contributed by atoms with Crippen molar-refractivity contribution in [3.63, 3.8) is 0 Å². The third-order valence-corrected chi connectivity index (χ3v) is 3.48. The third kappa shape index (κ3) is 1.57. The molecule has 0 fully saturated rings. The Morgan fingerprint density at radius 2 is 2.00 bits per heavy atom. The van der Waals surface area contributed by atoms with Crippen LogP contribution in [0.15, 0.2) is 24.3 Å². The van der Waals surface area contributed by atoms with Gasteiger partial charge < -0.3 is 5.73 Å². The first-order valence-electron chi connectivity index (χ1n) is 5.53. The number of benzene rings is 1. The number of nitrogens with two attached hydrogens (primary N) is 1. The number of rotatable bonds is 1. The van der Waals surface area contributed by atoms with E-state index in [1.165, 1.54) is 24.0 Å². The van der Waals surface area contributed by atoms with Crippen LogP contribution in [0.1, 0.15) is 37.4 Å². The van der Waals surface area contributed by atoms with Gasteiger partial charge in [0.25, 0.3) is 0 Å². The van der Waals surface area contributed by atoms with E-state index in [2.05, 4.69) is 38.1 Å². The molecule has 1 aromatic carbocycles. The second-order valence-corrected chi connectivity index (χ2v) is 4.67. The van der Waals surface area contributed by atoms with Crippen molar-refractivity contribution in [1.82, 2.24) is 0 Å². The number of fused-ring (bicyclic) bond motifs is 1. The highest BCUT2D eigenvalue weighted by Crippen LogP contribution is 2.36. The summed E-state index contributed by atoms with van der Waals surface area (Å²) in [4.78, 5) is 0. The smallest absolute Gasteiger partial charge is 0.0328 e. The Balaban J connectivity index is 2.31. The van der Waals surface area contributed by atoms with Gasteiger partial charge in [0.1, 0.15) is 0 Å². The molecule has 0 saturated carbocycles. The Labute approximate surface area is 86.3 Å². The van der Waals surface area contributed by atoms with Crippen molar-refractivity contribution in [3.8, 4) is 0 Å². The summed E-state index contributed by atoms with van der Waals surface area (Å²) in [7, 11) is 0. The summed E-state index contributed by atoms with van der Waals surface area (Å²) in [5.74, 6) is 1.35. The molecule has 0 radical (unpaired) electrons. The second-order valence-electron chi connectivity index (χ2n) is 4.67. The quantitative estimate of drug-likeness (QED) is 0.722. The molecule has 0 aliphatic heterocycles. The molecule has 14 heavy (non-hydrogen) atoms. The molecule has 1 aromatic rings. The van der Waals surface area contributed by atoms with E-state index in [0.29, 0.717) is 11.8 Å². The Morgan fingerprint density at radius 1 is 1.29 bits per heavy atom. The van der Waals surface area contributed by atoms with Crippen molar-refractivity contribution in [2.45, 2.75) is 32.7 Å². The minimum Gasteiger partial charge on any atom is -0.324 e. The lowest BCUT2D eigenvalue weighted by molar-refractivity contribution is 0.286. The molecular weight excluding hydrogens is 170 g/mol. The molecule has 0 bridgehead atoms. The maximum absolute atomic E-state index is 6.29. The van der Waals surface area contributed by atoms with Gasteiger partial charge in [-0.1, -0.05) is 38.1 Å². The molecule has 2 rings (SSSR count). The molecule has 0 unspecified atom stereocenters. The lowest BCUT2D eigenvalue weighted by atomic mass is 9.75. The van der Waals surface area contributed by atoms with Crippen LogP contribution in [0.25, 0.3) is 0 Å². The van der Waals surface area contributed by atoms with Gasteiger partial charge in [-0.25, -0.2) is 0 Å². The largest absolute Gasteiger partial charge is 0.324 e. The molecule has 0 heterocycles. The fourth-order valence-corrected chi connectivity index (χ4v) is 2.57. The van der Waals surface area contributed by atoms with Crippen molar-refractivity contribution in [1.29, 1.82) is 0 Å². The van der Waals surface area contributed by atoms with Gasteiger partial charge in [0, 0.05) is 6.04 Å². The van der Waals surface area contributed by atoms with E-state index in [9.17, 15) is 0 Å². The van der Waals surface area contributed by atoms with E-state index in [4.69, 9.17) is 5.73 Å². The van der Waals surface area contributed by atoms with E-state index in [-0.39, 0.29) is 6.04 Å². The zero-order chi connectivity index (χ0) is 10.1. The van der Waals surface area contributed by atoms with Crippen molar-refractivity contribution in [3.05, 3.63) is 35.4 Å². The summed E-state index contributed by atoms with van der Waals surface area (Å²) in [5.41, 5.74) is 9.12. The Bertz CT molecular complexity index is 317. The van der Waals surface area contributed by atoms with Gasteiger partial charge in [0.05, 0.1) is 0 Å². The van der Waals surface area contributed by atoms with Gasteiger partial charge in [-0.05, 0) is 35.8 Å². The fraction of sp³-hybridized carbons (Fsp3) is 0.538. The Morgan fingerprint density at radius 3 is 2.71 bits per heavy atom. The van der Waals surface area contributed by atoms with Crippen LogP contribution < -0.4 is 5.73 Å². The van der Waals surface area contributed by atoms with Crippen LogP contribution in [0.5, 0.6) is 0 Å². The molecule has 0 amide bonds. The molecule has 1 heteroatoms. The minimum atomic E-state index is 0.250. The van der Waals surface area contributed by atoms with Gasteiger partial charge in [0.15, 0.2) is 0 Å². The summed E-state index contributed by atoms with van der Waals surface area (Å²) in [6.07, 6.45) is 2.45. The minimum absolute atomic E-state index is 0.250. The van der Waals surface area contributed by atoms with Crippen molar-refractivity contribution < 1.29 is 0 Å². The highest BCUT2D eigenvalue weighted by atomic mass is 14.7. The monoisotopic (exact) mass is 189 g/mol. The van der Waals surface area contributed by atoms with Crippen LogP contribution in [0.2, 0.25) is 0 Å². The normalized spacial score (nSPS) is 26.3. The summed E-state index contributed by atoms with van der Waals surface area (Å²) in [5, 5.41) is 0. The van der Waals surface area contributed by atoms with Gasteiger partial charge in [-0.3, -0.25) is 0 Å². The topological polar surface area (TPSA) is 26.0 Å². The van der Waals surface area contributed by atoms with Crippen LogP contribution in [0.4, 0.5) is 0 Å². The maximum Gasteiger partial charge on any atom is 0.0328 e. The number of aryl methyl sites for hydroxylation is 1. The van der Waals surface area contributed by atoms with Gasteiger partial charge in [-0.15, -0.1) is 0 Å². The second kappa shape index (κ2) is 3.74. The molecule has 2 atom stereocenters. The van der Waals surface area contributed by atoms with Gasteiger partial charge in [0.2, 0.25) is 0 Å². The molecule has 0 aromatic heterocycles. The van der Waals surface area contributed by atoms with Crippen LogP contribution in [0, 0.1) is 11.8 Å². The average Bonchev–Trinajstić information content (AvgIpc) is 2.18. The van der Waals surface area contributed by atoms with Gasteiger partial charge >= 0.3 is 0 Å². The summed E-state index contributed by atoms with van der Waals surface area (Å²) in [6.45, 7) is 4.55.